The van der Waals surface area contributed by atoms with Crippen LogP contribution >= 0.6 is 11.6 Å². The Morgan fingerprint density at radius 3 is 2.73 bits per heavy atom. The Kier molecular flexibility index (Phi) is 11.1. The summed E-state index contributed by atoms with van der Waals surface area (Å²) >= 11 is 6.29. The third-order valence-corrected chi connectivity index (χ3v) is 7.02. The minimum absolute atomic E-state index is 0.0124. The van der Waals surface area contributed by atoms with Gasteiger partial charge >= 0.3 is 0 Å². The number of likely N-dealkylation sites (tertiary alicyclic amines) is 1. The molecular formula is C27H45ClN2O3. The molecule has 2 N–H and O–H groups in total. The lowest BCUT2D eigenvalue weighted by atomic mass is 9.74. The van der Waals surface area contributed by atoms with Crippen LogP contribution in [0.5, 0.6) is 0 Å². The van der Waals surface area contributed by atoms with Gasteiger partial charge in [-0.3, -0.25) is 4.79 Å². The van der Waals surface area contributed by atoms with E-state index in [9.17, 15) is 9.90 Å². The highest BCUT2D eigenvalue weighted by molar-refractivity contribution is 6.30. The maximum absolute atomic E-state index is 13.3. The van der Waals surface area contributed by atoms with Crippen molar-refractivity contribution in [1.82, 2.24) is 10.2 Å². The number of hydrogen-bond donors (Lipinski definition) is 2. The molecule has 33 heavy (non-hydrogen) atoms. The van der Waals surface area contributed by atoms with Gasteiger partial charge in [-0.05, 0) is 81.1 Å². The fraction of sp³-hybridized carbons (Fsp3) is 0.741. The maximum atomic E-state index is 13.3. The van der Waals surface area contributed by atoms with Gasteiger partial charge in [0.2, 0.25) is 5.91 Å². The standard InChI is InChI=1S/C27H45ClN2O3/c1-26(2,3)18-21(19-29-4)16-25(31)30-14-9-11-23(20-30)27(32,13-6-7-15-33-5)22-10-8-12-24(28)17-22/h8,10,12,17,21,23,29,32H,6-7,9,11,13-16,18-20H2,1-5H3/t21-,23+,27+/m0/s1. The Bertz CT molecular complexity index is 736. The molecule has 2 rings (SSSR count). The zero-order valence-electron chi connectivity index (χ0n) is 21.3. The number of piperidine rings is 1. The fourth-order valence-electron chi connectivity index (χ4n) is 5.32. The fourth-order valence-corrected chi connectivity index (χ4v) is 5.51. The van der Waals surface area contributed by atoms with Crippen molar-refractivity contribution in [3.05, 3.63) is 34.9 Å². The van der Waals surface area contributed by atoms with Crippen LogP contribution in [0.15, 0.2) is 24.3 Å². The first-order valence-electron chi connectivity index (χ1n) is 12.5. The summed E-state index contributed by atoms with van der Waals surface area (Å²) in [5, 5.41) is 15.9. The van der Waals surface area contributed by atoms with E-state index < -0.39 is 5.60 Å². The van der Waals surface area contributed by atoms with Crippen LogP contribution in [0.4, 0.5) is 0 Å². The molecule has 1 saturated heterocycles. The number of carbonyl (C=O) groups excluding carboxylic acids is 1. The number of aliphatic hydroxyl groups is 1. The van der Waals surface area contributed by atoms with Gasteiger partial charge in [0.25, 0.3) is 0 Å². The second-order valence-electron chi connectivity index (χ2n) is 11.0. The normalized spacial score (nSPS) is 19.8. The number of hydrogen-bond acceptors (Lipinski definition) is 4. The van der Waals surface area contributed by atoms with Crippen LogP contribution in [0.25, 0.3) is 0 Å². The summed E-state index contributed by atoms with van der Waals surface area (Å²) in [6.07, 6.45) is 5.75. The summed E-state index contributed by atoms with van der Waals surface area (Å²) in [6, 6.07) is 7.59. The Morgan fingerprint density at radius 1 is 1.33 bits per heavy atom. The van der Waals surface area contributed by atoms with E-state index in [0.29, 0.717) is 36.9 Å². The second-order valence-corrected chi connectivity index (χ2v) is 11.4. The van der Waals surface area contributed by atoms with E-state index in [2.05, 4.69) is 26.1 Å². The number of methoxy groups -OCH3 is 1. The highest BCUT2D eigenvalue weighted by Gasteiger charge is 2.41. The van der Waals surface area contributed by atoms with E-state index in [-0.39, 0.29) is 17.2 Å². The van der Waals surface area contributed by atoms with Crippen molar-refractivity contribution in [2.24, 2.45) is 17.3 Å². The van der Waals surface area contributed by atoms with Gasteiger partial charge in [0.15, 0.2) is 0 Å². The lowest BCUT2D eigenvalue weighted by Crippen LogP contribution is -2.48. The van der Waals surface area contributed by atoms with Gasteiger partial charge in [0.05, 0.1) is 5.60 Å². The number of nitrogens with zero attached hydrogens (tertiary/aromatic N) is 1. The largest absolute Gasteiger partial charge is 0.385 e. The van der Waals surface area contributed by atoms with E-state index in [1.54, 1.807) is 7.11 Å². The molecule has 5 nitrogen and oxygen atoms in total. The number of benzene rings is 1. The molecule has 0 saturated carbocycles. The molecule has 1 aliphatic rings. The molecule has 0 unspecified atom stereocenters. The molecule has 1 aliphatic heterocycles. The van der Waals surface area contributed by atoms with E-state index in [1.165, 1.54) is 0 Å². The highest BCUT2D eigenvalue weighted by atomic mass is 35.5. The maximum Gasteiger partial charge on any atom is 0.222 e. The minimum atomic E-state index is -1.01. The quantitative estimate of drug-likeness (QED) is 0.401. The smallest absolute Gasteiger partial charge is 0.222 e. The van der Waals surface area contributed by atoms with Gasteiger partial charge in [-0.15, -0.1) is 0 Å². The molecule has 0 bridgehead atoms. The van der Waals surface area contributed by atoms with Gasteiger partial charge < -0.3 is 20.1 Å². The summed E-state index contributed by atoms with van der Waals surface area (Å²) in [5.74, 6) is 0.502. The van der Waals surface area contributed by atoms with Crippen molar-refractivity contribution in [2.75, 3.05) is 40.4 Å². The molecular weight excluding hydrogens is 436 g/mol. The SMILES string of the molecule is CNC[C@@H](CC(=O)N1CCC[C@@H]([C@@](O)(CCCCOC)c2cccc(Cl)c2)C1)CC(C)(C)C. The molecule has 0 spiro atoms. The Morgan fingerprint density at radius 2 is 2.09 bits per heavy atom. The van der Waals surface area contributed by atoms with Gasteiger partial charge in [0, 0.05) is 44.2 Å². The number of halogens is 1. The summed E-state index contributed by atoms with van der Waals surface area (Å²) < 4.78 is 5.21. The third-order valence-electron chi connectivity index (χ3n) is 6.79. The number of carbonyl (C=O) groups is 1. The van der Waals surface area contributed by atoms with E-state index in [0.717, 1.165) is 50.8 Å². The Balaban J connectivity index is 2.16. The van der Waals surface area contributed by atoms with Crippen molar-refractivity contribution in [3.63, 3.8) is 0 Å². The van der Waals surface area contributed by atoms with Crippen molar-refractivity contribution in [1.29, 1.82) is 0 Å². The first kappa shape index (κ1) is 28.1. The van der Waals surface area contributed by atoms with Gasteiger partial charge in [-0.25, -0.2) is 0 Å². The van der Waals surface area contributed by atoms with E-state index >= 15 is 0 Å². The minimum Gasteiger partial charge on any atom is -0.385 e. The molecule has 1 aromatic carbocycles. The van der Waals surface area contributed by atoms with Crippen LogP contribution in [0.3, 0.4) is 0 Å². The van der Waals surface area contributed by atoms with E-state index in [1.807, 2.05) is 36.2 Å². The predicted octanol–water partition coefficient (Wildman–Crippen LogP) is 5.24. The van der Waals surface area contributed by atoms with Crippen LogP contribution in [0, 0.1) is 17.3 Å². The van der Waals surface area contributed by atoms with Gasteiger partial charge in [-0.1, -0.05) is 44.5 Å². The molecule has 0 radical (unpaired) electrons. The number of amides is 1. The summed E-state index contributed by atoms with van der Waals surface area (Å²) in [4.78, 5) is 15.3. The van der Waals surface area contributed by atoms with Crippen LogP contribution in [-0.4, -0.2) is 56.3 Å². The second kappa shape index (κ2) is 13.1. The van der Waals surface area contributed by atoms with Crippen molar-refractivity contribution in [3.8, 4) is 0 Å². The topological polar surface area (TPSA) is 61.8 Å². The first-order chi connectivity index (χ1) is 15.6. The van der Waals surface area contributed by atoms with Crippen LogP contribution < -0.4 is 5.32 Å². The molecule has 1 amide bonds. The van der Waals surface area contributed by atoms with Gasteiger partial charge in [0.1, 0.15) is 0 Å². The average molecular weight is 481 g/mol. The summed E-state index contributed by atoms with van der Waals surface area (Å²) in [7, 11) is 3.65. The predicted molar refractivity (Wildman–Crippen MR) is 136 cm³/mol. The zero-order chi connectivity index (χ0) is 24.5. The zero-order valence-corrected chi connectivity index (χ0v) is 22.1. The van der Waals surface area contributed by atoms with Crippen molar-refractivity contribution >= 4 is 17.5 Å². The molecule has 6 heteroatoms. The molecule has 1 aromatic rings. The summed E-state index contributed by atoms with van der Waals surface area (Å²) in [5.41, 5.74) is 0.0294. The van der Waals surface area contributed by atoms with Crippen LogP contribution in [0.1, 0.15) is 71.3 Å². The number of rotatable bonds is 12. The lowest BCUT2D eigenvalue weighted by molar-refractivity contribution is -0.138. The summed E-state index contributed by atoms with van der Waals surface area (Å²) in [6.45, 7) is 9.57. The number of unbranched alkanes of at least 4 members (excludes halogenated alkanes) is 1. The third kappa shape index (κ3) is 8.86. The monoisotopic (exact) mass is 480 g/mol. The number of nitrogens with one attached hydrogen (secondary N) is 1. The highest BCUT2D eigenvalue weighted by Crippen LogP contribution is 2.40. The molecule has 0 aromatic heterocycles. The molecule has 3 atom stereocenters. The van der Waals surface area contributed by atoms with Gasteiger partial charge in [-0.2, -0.15) is 0 Å². The van der Waals surface area contributed by atoms with Crippen molar-refractivity contribution in [2.45, 2.75) is 71.3 Å². The van der Waals surface area contributed by atoms with Crippen molar-refractivity contribution < 1.29 is 14.6 Å². The molecule has 1 fully saturated rings. The van der Waals surface area contributed by atoms with E-state index in [4.69, 9.17) is 16.3 Å². The number of ether oxygens (including phenoxy) is 1. The Labute approximate surface area is 206 Å². The average Bonchev–Trinajstić information content (AvgIpc) is 2.75. The lowest BCUT2D eigenvalue weighted by Gasteiger charge is -2.43. The molecule has 188 valence electrons. The van der Waals surface area contributed by atoms with Crippen LogP contribution in [-0.2, 0) is 15.1 Å². The van der Waals surface area contributed by atoms with Crippen LogP contribution in [0.2, 0.25) is 5.02 Å². The molecule has 0 aliphatic carbocycles. The molecule has 1 heterocycles. The Hall–Kier alpha value is -1.14. The first-order valence-corrected chi connectivity index (χ1v) is 12.9.